The molecule has 20 heavy (non-hydrogen) atoms. The van der Waals surface area contributed by atoms with Gasteiger partial charge >= 0.3 is 0 Å². The number of hydrogen-bond acceptors (Lipinski definition) is 2. The van der Waals surface area contributed by atoms with Crippen molar-refractivity contribution in [1.29, 1.82) is 0 Å². The number of nitrogens with one attached hydrogen (secondary N) is 1. The molecule has 2 rings (SSSR count). The van der Waals surface area contributed by atoms with Crippen molar-refractivity contribution in [2.24, 2.45) is 0 Å². The molecule has 0 saturated heterocycles. The molecule has 0 saturated carbocycles. The maximum absolute atomic E-state index is 4.40. The lowest BCUT2D eigenvalue weighted by molar-refractivity contribution is 0.664. The van der Waals surface area contributed by atoms with Crippen molar-refractivity contribution >= 4 is 0 Å². The number of imidazole rings is 1. The SMILES string of the molecule is CCCNCCc1ccccc1Cn1ccnc1CC. The van der Waals surface area contributed by atoms with E-state index in [2.05, 4.69) is 59.2 Å². The van der Waals surface area contributed by atoms with Crippen LogP contribution in [0.1, 0.15) is 37.2 Å². The Morgan fingerprint density at radius 3 is 2.65 bits per heavy atom. The molecule has 0 unspecified atom stereocenters. The van der Waals surface area contributed by atoms with Crippen LogP contribution in [0.25, 0.3) is 0 Å². The molecule has 0 aliphatic heterocycles. The molecule has 108 valence electrons. The summed E-state index contributed by atoms with van der Waals surface area (Å²) in [6, 6.07) is 8.73. The van der Waals surface area contributed by atoms with Crippen LogP contribution in [-0.2, 0) is 19.4 Å². The lowest BCUT2D eigenvalue weighted by Gasteiger charge is -2.12. The summed E-state index contributed by atoms with van der Waals surface area (Å²) in [7, 11) is 0. The fraction of sp³-hybridized carbons (Fsp3) is 0.471. The van der Waals surface area contributed by atoms with Crippen molar-refractivity contribution in [2.45, 2.75) is 39.7 Å². The number of aryl methyl sites for hydroxylation is 1. The third-order valence-corrected chi connectivity index (χ3v) is 3.57. The number of hydrogen-bond donors (Lipinski definition) is 1. The predicted molar refractivity (Wildman–Crippen MR) is 84.0 cm³/mol. The van der Waals surface area contributed by atoms with Crippen LogP contribution < -0.4 is 5.32 Å². The minimum atomic E-state index is 0.924. The van der Waals surface area contributed by atoms with Gasteiger partial charge in [-0.2, -0.15) is 0 Å². The van der Waals surface area contributed by atoms with Crippen molar-refractivity contribution in [3.63, 3.8) is 0 Å². The van der Waals surface area contributed by atoms with Crippen LogP contribution in [0.2, 0.25) is 0 Å². The summed E-state index contributed by atoms with van der Waals surface area (Å²) in [5.41, 5.74) is 2.84. The quantitative estimate of drug-likeness (QED) is 0.748. The molecule has 0 aliphatic carbocycles. The molecule has 3 nitrogen and oxygen atoms in total. The Morgan fingerprint density at radius 2 is 1.90 bits per heavy atom. The Balaban J connectivity index is 2.04. The van der Waals surface area contributed by atoms with Gasteiger partial charge in [0.15, 0.2) is 0 Å². The van der Waals surface area contributed by atoms with E-state index in [4.69, 9.17) is 0 Å². The van der Waals surface area contributed by atoms with Gasteiger partial charge in [0.1, 0.15) is 5.82 Å². The van der Waals surface area contributed by atoms with E-state index in [0.29, 0.717) is 0 Å². The topological polar surface area (TPSA) is 29.9 Å². The first-order chi connectivity index (χ1) is 9.85. The van der Waals surface area contributed by atoms with Crippen LogP contribution in [0.3, 0.4) is 0 Å². The summed E-state index contributed by atoms with van der Waals surface area (Å²) in [5.74, 6) is 1.16. The summed E-state index contributed by atoms with van der Waals surface area (Å²) >= 11 is 0. The molecular weight excluding hydrogens is 246 g/mol. The highest BCUT2D eigenvalue weighted by atomic mass is 15.1. The van der Waals surface area contributed by atoms with Crippen molar-refractivity contribution < 1.29 is 0 Å². The number of nitrogens with zero attached hydrogens (tertiary/aromatic N) is 2. The van der Waals surface area contributed by atoms with Gasteiger partial charge in [-0.1, -0.05) is 38.1 Å². The average Bonchev–Trinajstić information content (AvgIpc) is 2.92. The van der Waals surface area contributed by atoms with Crippen LogP contribution in [0.4, 0.5) is 0 Å². The molecule has 0 aliphatic rings. The van der Waals surface area contributed by atoms with Gasteiger partial charge in [0.25, 0.3) is 0 Å². The van der Waals surface area contributed by atoms with Gasteiger partial charge in [0.05, 0.1) is 0 Å². The van der Waals surface area contributed by atoms with Crippen LogP contribution in [0.5, 0.6) is 0 Å². The van der Waals surface area contributed by atoms with E-state index in [9.17, 15) is 0 Å². The first kappa shape index (κ1) is 14.8. The lowest BCUT2D eigenvalue weighted by Crippen LogP contribution is -2.18. The van der Waals surface area contributed by atoms with Crippen LogP contribution >= 0.6 is 0 Å². The van der Waals surface area contributed by atoms with Crippen molar-refractivity contribution in [2.75, 3.05) is 13.1 Å². The number of benzene rings is 1. The second kappa shape index (κ2) is 7.85. The molecule has 3 heteroatoms. The van der Waals surface area contributed by atoms with Crippen LogP contribution in [0, 0.1) is 0 Å². The summed E-state index contributed by atoms with van der Waals surface area (Å²) in [4.78, 5) is 4.40. The predicted octanol–water partition coefficient (Wildman–Crippen LogP) is 3.04. The van der Waals surface area contributed by atoms with E-state index in [-0.39, 0.29) is 0 Å². The molecule has 1 aromatic carbocycles. The number of aromatic nitrogens is 2. The smallest absolute Gasteiger partial charge is 0.108 e. The molecular formula is C17H25N3. The lowest BCUT2D eigenvalue weighted by atomic mass is 10.0. The van der Waals surface area contributed by atoms with E-state index in [1.165, 1.54) is 17.5 Å². The van der Waals surface area contributed by atoms with Crippen LogP contribution in [0.15, 0.2) is 36.7 Å². The van der Waals surface area contributed by atoms with Crippen molar-refractivity contribution in [1.82, 2.24) is 14.9 Å². The Morgan fingerprint density at radius 1 is 1.10 bits per heavy atom. The zero-order valence-corrected chi connectivity index (χ0v) is 12.6. The minimum absolute atomic E-state index is 0.924. The molecule has 0 spiro atoms. The van der Waals surface area contributed by atoms with Gasteiger partial charge in [-0.05, 0) is 37.1 Å². The Bertz CT molecular complexity index is 516. The maximum Gasteiger partial charge on any atom is 0.108 e. The highest BCUT2D eigenvalue weighted by molar-refractivity contribution is 5.28. The minimum Gasteiger partial charge on any atom is -0.331 e. The fourth-order valence-electron chi connectivity index (χ4n) is 2.46. The first-order valence-electron chi connectivity index (χ1n) is 7.62. The third kappa shape index (κ3) is 3.94. The fourth-order valence-corrected chi connectivity index (χ4v) is 2.46. The normalized spacial score (nSPS) is 10.9. The summed E-state index contributed by atoms with van der Waals surface area (Å²) in [6.07, 6.45) is 7.23. The van der Waals surface area contributed by atoms with Gasteiger partial charge in [-0.25, -0.2) is 4.98 Å². The monoisotopic (exact) mass is 271 g/mol. The molecule has 0 atom stereocenters. The second-order valence-electron chi connectivity index (χ2n) is 5.09. The third-order valence-electron chi connectivity index (χ3n) is 3.57. The van der Waals surface area contributed by atoms with E-state index in [1.54, 1.807) is 0 Å². The molecule has 0 radical (unpaired) electrons. The number of rotatable bonds is 8. The zero-order chi connectivity index (χ0) is 14.2. The first-order valence-corrected chi connectivity index (χ1v) is 7.62. The van der Waals surface area contributed by atoms with E-state index in [0.717, 1.165) is 38.3 Å². The second-order valence-corrected chi connectivity index (χ2v) is 5.09. The van der Waals surface area contributed by atoms with E-state index >= 15 is 0 Å². The Kier molecular flexibility index (Phi) is 5.81. The van der Waals surface area contributed by atoms with Crippen molar-refractivity contribution in [3.05, 3.63) is 53.6 Å². The molecule has 1 heterocycles. The van der Waals surface area contributed by atoms with E-state index < -0.39 is 0 Å². The molecule has 0 amide bonds. The Hall–Kier alpha value is -1.61. The molecule has 0 fully saturated rings. The van der Waals surface area contributed by atoms with E-state index in [1.807, 2.05) is 6.20 Å². The largest absolute Gasteiger partial charge is 0.331 e. The van der Waals surface area contributed by atoms with Gasteiger partial charge in [0, 0.05) is 25.4 Å². The molecule has 1 N–H and O–H groups in total. The van der Waals surface area contributed by atoms with Crippen molar-refractivity contribution in [3.8, 4) is 0 Å². The van der Waals surface area contributed by atoms with Crippen LogP contribution in [-0.4, -0.2) is 22.6 Å². The van der Waals surface area contributed by atoms with Gasteiger partial charge in [-0.15, -0.1) is 0 Å². The highest BCUT2D eigenvalue weighted by Crippen LogP contribution is 2.12. The van der Waals surface area contributed by atoms with Gasteiger partial charge < -0.3 is 9.88 Å². The highest BCUT2D eigenvalue weighted by Gasteiger charge is 2.05. The molecule has 1 aromatic heterocycles. The molecule has 2 aromatic rings. The zero-order valence-electron chi connectivity index (χ0n) is 12.6. The summed E-state index contributed by atoms with van der Waals surface area (Å²) < 4.78 is 2.25. The van der Waals surface area contributed by atoms with Gasteiger partial charge in [-0.3, -0.25) is 0 Å². The summed E-state index contributed by atoms with van der Waals surface area (Å²) in [6.45, 7) is 7.43. The standard InChI is InChI=1S/C17H25N3/c1-3-10-18-11-9-15-7-5-6-8-16(15)14-20-13-12-19-17(20)4-2/h5-8,12-13,18H,3-4,9-11,14H2,1-2H3. The van der Waals surface area contributed by atoms with Gasteiger partial charge in [0.2, 0.25) is 0 Å². The average molecular weight is 271 g/mol. The molecule has 0 bridgehead atoms. The summed E-state index contributed by atoms with van der Waals surface area (Å²) in [5, 5.41) is 3.47. The maximum atomic E-state index is 4.40. The Labute approximate surface area is 122 Å².